The molecule has 0 saturated carbocycles. The van der Waals surface area contributed by atoms with Crippen molar-refractivity contribution >= 4 is 33.2 Å². The van der Waals surface area contributed by atoms with Gasteiger partial charge in [-0.25, -0.2) is 4.79 Å². The van der Waals surface area contributed by atoms with Crippen LogP contribution in [0.4, 0.5) is 0 Å². The van der Waals surface area contributed by atoms with Crippen LogP contribution in [0.25, 0.3) is 10.6 Å². The lowest BCUT2D eigenvalue weighted by molar-refractivity contribution is 0.0458. The third kappa shape index (κ3) is 2.83. The topological polar surface area (TPSA) is 68.1 Å². The second-order valence-electron chi connectivity index (χ2n) is 3.97. The fourth-order valence-electron chi connectivity index (χ4n) is 1.62. The number of rotatable bonds is 4. The Kier molecular flexibility index (Phi) is 3.70. The van der Waals surface area contributed by atoms with Gasteiger partial charge in [0.25, 0.3) is 0 Å². The Morgan fingerprint density at radius 3 is 3.10 bits per heavy atom. The molecule has 0 aromatic carbocycles. The molecular weight excluding hydrogens is 344 g/mol. The van der Waals surface area contributed by atoms with E-state index in [0.29, 0.717) is 17.1 Å². The number of carbonyl (C=O) groups is 1. The molecule has 0 fully saturated rings. The number of aromatic amines is 1. The maximum Gasteiger partial charge on any atom is 0.355 e. The SMILES string of the molecule is O=C(OCc1cc(-c2cccs2)on1)c1cc(Br)c[nH]1. The summed E-state index contributed by atoms with van der Waals surface area (Å²) in [6, 6.07) is 7.30. The fraction of sp³-hybridized carbons (Fsp3) is 0.0769. The molecule has 20 heavy (non-hydrogen) atoms. The van der Waals surface area contributed by atoms with Gasteiger partial charge in [0.15, 0.2) is 5.76 Å². The van der Waals surface area contributed by atoms with Crippen molar-refractivity contribution in [2.24, 2.45) is 0 Å². The number of H-pyrrole nitrogens is 1. The third-order valence-electron chi connectivity index (χ3n) is 2.54. The molecule has 0 bridgehead atoms. The van der Waals surface area contributed by atoms with Crippen molar-refractivity contribution in [3.05, 3.63) is 51.7 Å². The third-order valence-corrected chi connectivity index (χ3v) is 3.88. The Labute approximate surface area is 126 Å². The Bertz CT molecular complexity index is 718. The summed E-state index contributed by atoms with van der Waals surface area (Å²) in [6.45, 7) is 0.0738. The van der Waals surface area contributed by atoms with Crippen LogP contribution in [-0.2, 0) is 11.3 Å². The molecule has 3 aromatic heterocycles. The van der Waals surface area contributed by atoms with E-state index in [4.69, 9.17) is 9.26 Å². The van der Waals surface area contributed by atoms with Gasteiger partial charge in [0, 0.05) is 16.7 Å². The van der Waals surface area contributed by atoms with Crippen molar-refractivity contribution in [1.29, 1.82) is 0 Å². The molecule has 0 aliphatic rings. The Hall–Kier alpha value is -1.86. The molecule has 3 heterocycles. The molecule has 3 aromatic rings. The number of carbonyl (C=O) groups excluding carboxylic acids is 1. The zero-order chi connectivity index (χ0) is 13.9. The van der Waals surface area contributed by atoms with Gasteiger partial charge in [0.2, 0.25) is 0 Å². The average Bonchev–Trinajstić information content (AvgIpc) is 3.16. The summed E-state index contributed by atoms with van der Waals surface area (Å²) >= 11 is 4.82. The van der Waals surface area contributed by atoms with Crippen LogP contribution in [0.3, 0.4) is 0 Å². The highest BCUT2D eigenvalue weighted by atomic mass is 79.9. The maximum atomic E-state index is 11.7. The quantitative estimate of drug-likeness (QED) is 0.724. The molecule has 5 nitrogen and oxygen atoms in total. The highest BCUT2D eigenvalue weighted by Gasteiger charge is 2.12. The standard InChI is InChI=1S/C13H9BrN2O3S/c14-8-4-10(15-6-8)13(17)18-7-9-5-11(19-16-9)12-2-1-3-20-12/h1-6,15H,7H2. The first-order valence-electron chi connectivity index (χ1n) is 5.73. The first kappa shape index (κ1) is 13.1. The van der Waals surface area contributed by atoms with Crippen molar-refractivity contribution in [3.63, 3.8) is 0 Å². The van der Waals surface area contributed by atoms with Crippen LogP contribution in [-0.4, -0.2) is 16.1 Å². The summed E-state index contributed by atoms with van der Waals surface area (Å²) in [4.78, 5) is 15.5. The molecule has 0 spiro atoms. The van der Waals surface area contributed by atoms with Crippen LogP contribution in [0.15, 0.2) is 44.8 Å². The van der Waals surface area contributed by atoms with E-state index in [9.17, 15) is 4.79 Å². The summed E-state index contributed by atoms with van der Waals surface area (Å²) in [7, 11) is 0. The number of hydrogen-bond donors (Lipinski definition) is 1. The smallest absolute Gasteiger partial charge is 0.355 e. The van der Waals surface area contributed by atoms with E-state index in [1.165, 1.54) is 0 Å². The van der Waals surface area contributed by atoms with Gasteiger partial charge in [-0.1, -0.05) is 11.2 Å². The Balaban J connectivity index is 1.63. The van der Waals surface area contributed by atoms with Crippen molar-refractivity contribution in [3.8, 4) is 10.6 Å². The minimum absolute atomic E-state index is 0.0738. The zero-order valence-electron chi connectivity index (χ0n) is 10.1. The van der Waals surface area contributed by atoms with Crippen molar-refractivity contribution < 1.29 is 14.1 Å². The molecule has 0 radical (unpaired) electrons. The van der Waals surface area contributed by atoms with Gasteiger partial charge in [0.05, 0.1) is 4.88 Å². The molecule has 3 rings (SSSR count). The van der Waals surface area contributed by atoms with Crippen LogP contribution in [0.2, 0.25) is 0 Å². The van der Waals surface area contributed by atoms with E-state index in [0.717, 1.165) is 9.35 Å². The summed E-state index contributed by atoms with van der Waals surface area (Å²) in [5, 5.41) is 5.84. The summed E-state index contributed by atoms with van der Waals surface area (Å²) in [5.74, 6) is 0.241. The van der Waals surface area contributed by atoms with Crippen LogP contribution in [0.5, 0.6) is 0 Å². The predicted octanol–water partition coefficient (Wildman–Crippen LogP) is 3.85. The molecule has 0 aliphatic carbocycles. The highest BCUT2D eigenvalue weighted by molar-refractivity contribution is 9.10. The maximum absolute atomic E-state index is 11.7. The van der Waals surface area contributed by atoms with E-state index in [-0.39, 0.29) is 6.61 Å². The summed E-state index contributed by atoms with van der Waals surface area (Å²) in [5.41, 5.74) is 0.964. The Morgan fingerprint density at radius 2 is 2.40 bits per heavy atom. The highest BCUT2D eigenvalue weighted by Crippen LogP contribution is 2.25. The van der Waals surface area contributed by atoms with E-state index in [1.54, 1.807) is 29.7 Å². The number of esters is 1. The van der Waals surface area contributed by atoms with Gasteiger partial charge in [-0.2, -0.15) is 0 Å². The molecule has 0 atom stereocenters. The summed E-state index contributed by atoms with van der Waals surface area (Å²) in [6.07, 6.45) is 1.67. The van der Waals surface area contributed by atoms with Gasteiger partial charge in [-0.3, -0.25) is 0 Å². The zero-order valence-corrected chi connectivity index (χ0v) is 12.5. The molecular formula is C13H9BrN2O3S. The number of aromatic nitrogens is 2. The molecule has 0 amide bonds. The van der Waals surface area contributed by atoms with Crippen LogP contribution < -0.4 is 0 Å². The average molecular weight is 353 g/mol. The molecule has 0 aliphatic heterocycles. The van der Waals surface area contributed by atoms with Crippen LogP contribution >= 0.6 is 27.3 Å². The van der Waals surface area contributed by atoms with E-state index in [1.807, 2.05) is 17.5 Å². The molecule has 0 unspecified atom stereocenters. The van der Waals surface area contributed by atoms with Gasteiger partial charge in [-0.05, 0) is 33.4 Å². The monoisotopic (exact) mass is 352 g/mol. The lowest BCUT2D eigenvalue weighted by Crippen LogP contribution is -2.05. The van der Waals surface area contributed by atoms with E-state index < -0.39 is 5.97 Å². The van der Waals surface area contributed by atoms with E-state index >= 15 is 0 Å². The second kappa shape index (κ2) is 5.64. The first-order valence-corrected chi connectivity index (χ1v) is 7.40. The number of thiophene rings is 1. The van der Waals surface area contributed by atoms with Crippen LogP contribution in [0.1, 0.15) is 16.2 Å². The number of nitrogens with one attached hydrogen (secondary N) is 1. The fourth-order valence-corrected chi connectivity index (χ4v) is 2.63. The normalized spacial score (nSPS) is 10.7. The van der Waals surface area contributed by atoms with Crippen LogP contribution in [0, 0.1) is 0 Å². The predicted molar refractivity (Wildman–Crippen MR) is 77.4 cm³/mol. The van der Waals surface area contributed by atoms with Gasteiger partial charge in [-0.15, -0.1) is 11.3 Å². The van der Waals surface area contributed by atoms with Crippen molar-refractivity contribution in [1.82, 2.24) is 10.1 Å². The second-order valence-corrected chi connectivity index (χ2v) is 5.83. The van der Waals surface area contributed by atoms with Gasteiger partial charge >= 0.3 is 5.97 Å². The number of ether oxygens (including phenoxy) is 1. The summed E-state index contributed by atoms with van der Waals surface area (Å²) < 4.78 is 11.2. The minimum atomic E-state index is -0.434. The molecule has 0 saturated heterocycles. The largest absolute Gasteiger partial charge is 0.454 e. The van der Waals surface area contributed by atoms with Crippen molar-refractivity contribution in [2.45, 2.75) is 6.61 Å². The van der Waals surface area contributed by atoms with Gasteiger partial charge < -0.3 is 14.2 Å². The van der Waals surface area contributed by atoms with Gasteiger partial charge in [0.1, 0.15) is 18.0 Å². The number of hydrogen-bond acceptors (Lipinski definition) is 5. The first-order chi connectivity index (χ1) is 9.72. The Morgan fingerprint density at radius 1 is 1.50 bits per heavy atom. The van der Waals surface area contributed by atoms with E-state index in [2.05, 4.69) is 26.1 Å². The number of nitrogens with zero attached hydrogens (tertiary/aromatic N) is 1. The van der Waals surface area contributed by atoms with Crippen molar-refractivity contribution in [2.75, 3.05) is 0 Å². The lowest BCUT2D eigenvalue weighted by Gasteiger charge is -1.99. The molecule has 7 heteroatoms. The minimum Gasteiger partial charge on any atom is -0.454 e. The lowest BCUT2D eigenvalue weighted by atomic mass is 10.3. The molecule has 1 N–H and O–H groups in total. The number of halogens is 1. The molecule has 102 valence electrons.